The number of hydrazine groups is 1. The number of nitrogens with two attached hydrogens (primary N) is 1. The van der Waals surface area contributed by atoms with Gasteiger partial charge in [-0.05, 0) is 36.0 Å². The molecule has 3 N–H and O–H groups in total. The summed E-state index contributed by atoms with van der Waals surface area (Å²) in [5.41, 5.74) is 4.54. The highest BCUT2D eigenvalue weighted by Crippen LogP contribution is 2.45. The minimum absolute atomic E-state index is 0.226. The van der Waals surface area contributed by atoms with Crippen LogP contribution in [-0.2, 0) is 0 Å². The number of rotatable bonds is 4. The van der Waals surface area contributed by atoms with Crippen LogP contribution in [0.25, 0.3) is 0 Å². The molecule has 100 valence electrons. The second-order valence-electron chi connectivity index (χ2n) is 5.59. The Hall–Kier alpha value is -1.06. The van der Waals surface area contributed by atoms with Crippen LogP contribution in [0.3, 0.4) is 0 Å². The van der Waals surface area contributed by atoms with E-state index in [2.05, 4.69) is 24.5 Å². The van der Waals surface area contributed by atoms with Gasteiger partial charge in [-0.3, -0.25) is 11.3 Å². The molecule has 1 aromatic carbocycles. The van der Waals surface area contributed by atoms with Crippen LogP contribution in [-0.4, -0.2) is 7.11 Å². The zero-order valence-corrected chi connectivity index (χ0v) is 11.4. The van der Waals surface area contributed by atoms with E-state index in [1.165, 1.54) is 37.7 Å². The Balaban J connectivity index is 2.20. The lowest BCUT2D eigenvalue weighted by Crippen LogP contribution is -2.41. The van der Waals surface area contributed by atoms with Crippen LogP contribution in [0.5, 0.6) is 5.75 Å². The summed E-state index contributed by atoms with van der Waals surface area (Å²) < 4.78 is 5.20. The Morgan fingerprint density at radius 3 is 2.28 bits per heavy atom. The summed E-state index contributed by atoms with van der Waals surface area (Å²) in [7, 11) is 1.69. The quantitative estimate of drug-likeness (QED) is 0.635. The first-order valence-corrected chi connectivity index (χ1v) is 6.80. The van der Waals surface area contributed by atoms with Crippen molar-refractivity contribution in [3.05, 3.63) is 29.8 Å². The second kappa shape index (κ2) is 5.72. The summed E-state index contributed by atoms with van der Waals surface area (Å²) in [6, 6.07) is 8.47. The van der Waals surface area contributed by atoms with Crippen molar-refractivity contribution >= 4 is 0 Å². The standard InChI is InChI=1S/C15H24N2O/c1-15(10-4-3-5-11-15)14(17-16)12-6-8-13(18-2)9-7-12/h6-9,14,17H,3-5,10-11,16H2,1-2H3. The van der Waals surface area contributed by atoms with Gasteiger partial charge < -0.3 is 4.74 Å². The number of nitrogens with one attached hydrogen (secondary N) is 1. The van der Waals surface area contributed by atoms with Crippen LogP contribution in [0.4, 0.5) is 0 Å². The maximum atomic E-state index is 5.81. The SMILES string of the molecule is COc1ccc(C(NN)C2(C)CCCCC2)cc1. The van der Waals surface area contributed by atoms with Crippen molar-refractivity contribution in [1.29, 1.82) is 0 Å². The molecule has 3 heteroatoms. The molecule has 1 saturated carbocycles. The largest absolute Gasteiger partial charge is 0.497 e. The molecular formula is C15H24N2O. The minimum Gasteiger partial charge on any atom is -0.497 e. The van der Waals surface area contributed by atoms with Crippen molar-refractivity contribution in [2.45, 2.75) is 45.1 Å². The molecule has 0 saturated heterocycles. The van der Waals surface area contributed by atoms with Gasteiger partial charge in [-0.2, -0.15) is 0 Å². The smallest absolute Gasteiger partial charge is 0.118 e. The third-order valence-electron chi connectivity index (χ3n) is 4.31. The van der Waals surface area contributed by atoms with E-state index < -0.39 is 0 Å². The Morgan fingerprint density at radius 2 is 1.78 bits per heavy atom. The highest BCUT2D eigenvalue weighted by Gasteiger charge is 2.35. The minimum atomic E-state index is 0.226. The fourth-order valence-electron chi connectivity index (χ4n) is 3.14. The first-order valence-electron chi connectivity index (χ1n) is 6.80. The molecule has 0 aliphatic heterocycles. The molecular weight excluding hydrogens is 224 g/mol. The Labute approximate surface area is 110 Å². The average Bonchev–Trinajstić information content (AvgIpc) is 2.41. The van der Waals surface area contributed by atoms with Gasteiger partial charge in [0, 0.05) is 0 Å². The van der Waals surface area contributed by atoms with Crippen molar-refractivity contribution in [2.75, 3.05) is 7.11 Å². The van der Waals surface area contributed by atoms with Gasteiger partial charge in [0.05, 0.1) is 13.2 Å². The van der Waals surface area contributed by atoms with E-state index in [0.717, 1.165) is 5.75 Å². The molecule has 1 unspecified atom stereocenters. The highest BCUT2D eigenvalue weighted by molar-refractivity contribution is 5.30. The monoisotopic (exact) mass is 248 g/mol. The first-order chi connectivity index (χ1) is 8.69. The zero-order valence-electron chi connectivity index (χ0n) is 11.4. The third-order valence-corrected chi connectivity index (χ3v) is 4.31. The molecule has 1 aliphatic carbocycles. The first kappa shape index (κ1) is 13.4. The van der Waals surface area contributed by atoms with Crippen molar-refractivity contribution in [1.82, 2.24) is 5.43 Å². The second-order valence-corrected chi connectivity index (χ2v) is 5.59. The lowest BCUT2D eigenvalue weighted by Gasteiger charge is -2.40. The number of hydrogen-bond acceptors (Lipinski definition) is 3. The van der Waals surface area contributed by atoms with Gasteiger partial charge >= 0.3 is 0 Å². The summed E-state index contributed by atoms with van der Waals surface area (Å²) in [5.74, 6) is 6.70. The lowest BCUT2D eigenvalue weighted by atomic mass is 9.69. The zero-order chi connectivity index (χ0) is 13.0. The van der Waals surface area contributed by atoms with E-state index >= 15 is 0 Å². The summed E-state index contributed by atoms with van der Waals surface area (Å²) in [6.07, 6.45) is 6.47. The summed E-state index contributed by atoms with van der Waals surface area (Å²) in [6.45, 7) is 2.35. The van der Waals surface area contributed by atoms with Crippen molar-refractivity contribution in [3.8, 4) is 5.75 Å². The van der Waals surface area contributed by atoms with Gasteiger partial charge in [-0.1, -0.05) is 38.3 Å². The molecule has 1 atom stereocenters. The van der Waals surface area contributed by atoms with Gasteiger partial charge in [0.15, 0.2) is 0 Å². The van der Waals surface area contributed by atoms with E-state index in [1.54, 1.807) is 7.11 Å². The normalized spacial score (nSPS) is 20.4. The van der Waals surface area contributed by atoms with Crippen molar-refractivity contribution < 1.29 is 4.74 Å². The summed E-state index contributed by atoms with van der Waals surface area (Å²) in [5, 5.41) is 0. The topological polar surface area (TPSA) is 47.3 Å². The van der Waals surface area contributed by atoms with Crippen LogP contribution in [0.15, 0.2) is 24.3 Å². The van der Waals surface area contributed by atoms with Crippen molar-refractivity contribution in [3.63, 3.8) is 0 Å². The van der Waals surface area contributed by atoms with Crippen LogP contribution in [0, 0.1) is 5.41 Å². The van der Waals surface area contributed by atoms with Crippen LogP contribution < -0.4 is 16.0 Å². The lowest BCUT2D eigenvalue weighted by molar-refractivity contribution is 0.145. The number of ether oxygens (including phenoxy) is 1. The molecule has 18 heavy (non-hydrogen) atoms. The molecule has 2 rings (SSSR count). The summed E-state index contributed by atoms with van der Waals surface area (Å²) in [4.78, 5) is 0. The van der Waals surface area contributed by atoms with E-state index in [-0.39, 0.29) is 11.5 Å². The van der Waals surface area contributed by atoms with Crippen LogP contribution >= 0.6 is 0 Å². The maximum Gasteiger partial charge on any atom is 0.118 e. The van der Waals surface area contributed by atoms with Crippen molar-refractivity contribution in [2.24, 2.45) is 11.3 Å². The predicted octanol–water partition coefficient (Wildman–Crippen LogP) is 3.17. The Bertz CT molecular complexity index is 369. The van der Waals surface area contributed by atoms with Crippen LogP contribution in [0.2, 0.25) is 0 Å². The number of methoxy groups -OCH3 is 1. The molecule has 0 bridgehead atoms. The van der Waals surface area contributed by atoms with Gasteiger partial charge in [0.2, 0.25) is 0 Å². The Morgan fingerprint density at radius 1 is 1.17 bits per heavy atom. The average molecular weight is 248 g/mol. The van der Waals surface area contributed by atoms with E-state index in [9.17, 15) is 0 Å². The molecule has 1 aliphatic rings. The number of hydrogen-bond donors (Lipinski definition) is 2. The van der Waals surface area contributed by atoms with E-state index in [0.29, 0.717) is 0 Å². The summed E-state index contributed by atoms with van der Waals surface area (Å²) >= 11 is 0. The van der Waals surface area contributed by atoms with Gasteiger partial charge in [-0.25, -0.2) is 0 Å². The molecule has 0 radical (unpaired) electrons. The van der Waals surface area contributed by atoms with E-state index in [4.69, 9.17) is 10.6 Å². The molecule has 0 spiro atoms. The van der Waals surface area contributed by atoms with Gasteiger partial charge in [0.1, 0.15) is 5.75 Å². The molecule has 0 aromatic heterocycles. The van der Waals surface area contributed by atoms with Gasteiger partial charge in [-0.15, -0.1) is 0 Å². The van der Waals surface area contributed by atoms with E-state index in [1.807, 2.05) is 12.1 Å². The highest BCUT2D eigenvalue weighted by atomic mass is 16.5. The molecule has 0 heterocycles. The maximum absolute atomic E-state index is 5.81. The third kappa shape index (κ3) is 2.68. The molecule has 1 fully saturated rings. The fourth-order valence-corrected chi connectivity index (χ4v) is 3.14. The molecule has 1 aromatic rings. The predicted molar refractivity (Wildman–Crippen MR) is 74.3 cm³/mol. The molecule has 0 amide bonds. The fraction of sp³-hybridized carbons (Fsp3) is 0.600. The number of benzene rings is 1. The van der Waals surface area contributed by atoms with Gasteiger partial charge in [0.25, 0.3) is 0 Å². The van der Waals surface area contributed by atoms with Crippen LogP contribution in [0.1, 0.15) is 50.6 Å². The Kier molecular flexibility index (Phi) is 4.25. The molecule has 3 nitrogen and oxygen atoms in total.